The zero-order valence-electron chi connectivity index (χ0n) is 22.8. The molecule has 2 aromatic heterocycles. The van der Waals surface area contributed by atoms with Crippen molar-refractivity contribution >= 4 is 68.9 Å². The summed E-state index contributed by atoms with van der Waals surface area (Å²) in [5.41, 5.74) is 8.36. The first-order valence-electron chi connectivity index (χ1n) is 13.2. The fraction of sp³-hybridized carbons (Fsp3) is 0.125. The first kappa shape index (κ1) is 27.6. The molecule has 6 aromatic rings. The number of carbonyl (C=O) groups excluding carboxylic acids is 2. The van der Waals surface area contributed by atoms with E-state index in [0.29, 0.717) is 21.6 Å². The summed E-state index contributed by atoms with van der Waals surface area (Å²) in [6, 6.07) is 26.9. The van der Waals surface area contributed by atoms with Crippen molar-refractivity contribution in [1.82, 2.24) is 9.97 Å². The molecule has 0 aliphatic heterocycles. The molecule has 4 aromatic carbocycles. The second kappa shape index (κ2) is 12.1. The Balaban J connectivity index is 1.04. The Morgan fingerprint density at radius 1 is 0.643 bits per heavy atom. The Bertz CT molecular complexity index is 1730. The van der Waals surface area contributed by atoms with Gasteiger partial charge in [-0.25, -0.2) is 9.97 Å². The molecule has 2 heterocycles. The smallest absolute Gasteiger partial charge is 0.257 e. The van der Waals surface area contributed by atoms with Crippen LogP contribution in [0.3, 0.4) is 0 Å². The molecule has 8 nitrogen and oxygen atoms in total. The number of aryl methyl sites for hydroxylation is 2. The molecular weight excluding hydrogens is 569 g/mol. The van der Waals surface area contributed by atoms with E-state index < -0.39 is 0 Å². The monoisotopic (exact) mass is 594 g/mol. The number of hydrogen-bond donors (Lipinski definition) is 2. The molecule has 0 aliphatic carbocycles. The average molecular weight is 595 g/mol. The lowest BCUT2D eigenvalue weighted by Gasteiger charge is -2.13. The fourth-order valence-electron chi connectivity index (χ4n) is 4.42. The van der Waals surface area contributed by atoms with Gasteiger partial charge in [0, 0.05) is 11.4 Å². The van der Waals surface area contributed by atoms with Gasteiger partial charge in [0.15, 0.2) is 11.2 Å². The quantitative estimate of drug-likeness (QED) is 0.164. The van der Waals surface area contributed by atoms with Crippen LogP contribution < -0.4 is 10.6 Å². The zero-order chi connectivity index (χ0) is 29.1. The number of fused-ring (bicyclic) bond motifs is 2. The molecule has 0 saturated carbocycles. The Morgan fingerprint density at radius 3 is 1.48 bits per heavy atom. The van der Waals surface area contributed by atoms with Crippen LogP contribution >= 0.6 is 23.5 Å². The molecule has 6 rings (SSSR count). The summed E-state index contributed by atoms with van der Waals surface area (Å²) < 4.78 is 11.4. The van der Waals surface area contributed by atoms with Crippen molar-refractivity contribution in [2.45, 2.75) is 24.3 Å². The van der Waals surface area contributed by atoms with Crippen LogP contribution in [0.2, 0.25) is 0 Å². The van der Waals surface area contributed by atoms with Crippen LogP contribution in [0.5, 0.6) is 0 Å². The van der Waals surface area contributed by atoms with Gasteiger partial charge in [-0.15, -0.1) is 0 Å². The summed E-state index contributed by atoms with van der Waals surface area (Å²) in [6.45, 7) is 3.92. The molecule has 2 amide bonds. The number of anilines is 2. The number of para-hydroxylation sites is 4. The third-order valence-electron chi connectivity index (χ3n) is 6.54. The van der Waals surface area contributed by atoms with Crippen LogP contribution in [0.15, 0.2) is 104 Å². The van der Waals surface area contributed by atoms with Gasteiger partial charge in [0.25, 0.3) is 10.4 Å². The van der Waals surface area contributed by atoms with Gasteiger partial charge in [0.05, 0.1) is 11.5 Å². The third kappa shape index (κ3) is 6.35. The number of nitrogens with zero attached hydrogens (tertiary/aromatic N) is 2. The number of benzene rings is 4. The van der Waals surface area contributed by atoms with E-state index in [2.05, 4.69) is 20.6 Å². The highest BCUT2D eigenvalue weighted by atomic mass is 32.2. The lowest BCUT2D eigenvalue weighted by atomic mass is 10.00. The molecule has 0 saturated heterocycles. The number of hydrogen-bond acceptors (Lipinski definition) is 8. The summed E-state index contributed by atoms with van der Waals surface area (Å²) in [6.07, 6.45) is 0. The minimum atomic E-state index is -0.136. The maximum Gasteiger partial charge on any atom is 0.257 e. The summed E-state index contributed by atoms with van der Waals surface area (Å²) in [5.74, 6) is 0.105. The molecule has 10 heteroatoms. The maximum atomic E-state index is 12.6. The van der Waals surface area contributed by atoms with Gasteiger partial charge in [0.2, 0.25) is 11.8 Å². The molecule has 2 N–H and O–H groups in total. The highest BCUT2D eigenvalue weighted by Crippen LogP contribution is 2.29. The Hall–Kier alpha value is -4.54. The van der Waals surface area contributed by atoms with Crippen molar-refractivity contribution in [3.63, 3.8) is 0 Å². The van der Waals surface area contributed by atoms with Crippen LogP contribution in [0.4, 0.5) is 11.4 Å². The Labute approximate surface area is 250 Å². The summed E-state index contributed by atoms with van der Waals surface area (Å²) in [5, 5.41) is 6.89. The van der Waals surface area contributed by atoms with E-state index in [1.54, 1.807) is 0 Å². The molecule has 0 bridgehead atoms. The molecular formula is C32H26N4O4S2. The van der Waals surface area contributed by atoms with Crippen molar-refractivity contribution in [3.05, 3.63) is 96.1 Å². The van der Waals surface area contributed by atoms with Crippen molar-refractivity contribution in [2.24, 2.45) is 0 Å². The van der Waals surface area contributed by atoms with E-state index in [4.69, 9.17) is 8.83 Å². The molecule has 0 atom stereocenters. The Morgan fingerprint density at radius 2 is 1.07 bits per heavy atom. The minimum Gasteiger partial charge on any atom is -0.431 e. The van der Waals surface area contributed by atoms with E-state index >= 15 is 0 Å². The highest BCUT2D eigenvalue weighted by molar-refractivity contribution is 8.00. The number of oxazole rings is 2. The molecule has 0 radical (unpaired) electrons. The van der Waals surface area contributed by atoms with Crippen LogP contribution in [-0.4, -0.2) is 33.3 Å². The van der Waals surface area contributed by atoms with Gasteiger partial charge in [-0.1, -0.05) is 59.9 Å². The van der Waals surface area contributed by atoms with Crippen LogP contribution in [0.25, 0.3) is 33.3 Å². The summed E-state index contributed by atoms with van der Waals surface area (Å²) in [4.78, 5) is 34.0. The second-order valence-electron chi connectivity index (χ2n) is 9.63. The first-order valence-corrected chi connectivity index (χ1v) is 15.2. The largest absolute Gasteiger partial charge is 0.431 e. The number of rotatable bonds is 9. The van der Waals surface area contributed by atoms with E-state index in [1.807, 2.05) is 98.8 Å². The highest BCUT2D eigenvalue weighted by Gasteiger charge is 2.13. The van der Waals surface area contributed by atoms with Gasteiger partial charge >= 0.3 is 0 Å². The molecule has 0 spiro atoms. The standard InChI is InChI=1S/C32H26N4O4S2/c1-19-15-21(11-13-23(19)33-29(37)17-41-31-35-25-7-3-5-9-27(25)39-31)22-12-14-24(20(2)16-22)34-30(38)18-42-32-36-26-8-4-6-10-28(26)40-32/h3-16H,17-18H2,1-2H3,(H,33,37)(H,34,38). The van der Waals surface area contributed by atoms with Gasteiger partial charge in [-0.05, 0) is 84.6 Å². The first-order chi connectivity index (χ1) is 20.4. The topological polar surface area (TPSA) is 110 Å². The van der Waals surface area contributed by atoms with Gasteiger partial charge in [-0.2, -0.15) is 0 Å². The maximum absolute atomic E-state index is 12.6. The van der Waals surface area contributed by atoms with E-state index in [1.165, 1.54) is 23.5 Å². The molecule has 0 aliphatic rings. The number of aromatic nitrogens is 2. The van der Waals surface area contributed by atoms with Crippen molar-refractivity contribution < 1.29 is 18.4 Å². The lowest BCUT2D eigenvalue weighted by Crippen LogP contribution is -2.15. The number of carbonyl (C=O) groups is 2. The van der Waals surface area contributed by atoms with E-state index in [9.17, 15) is 9.59 Å². The summed E-state index contributed by atoms with van der Waals surface area (Å²) >= 11 is 2.52. The predicted octanol–water partition coefficient (Wildman–Crippen LogP) is 7.71. The average Bonchev–Trinajstić information content (AvgIpc) is 3.61. The number of nitrogens with one attached hydrogen (secondary N) is 2. The molecule has 42 heavy (non-hydrogen) atoms. The van der Waals surface area contributed by atoms with Crippen molar-refractivity contribution in [3.8, 4) is 11.1 Å². The third-order valence-corrected chi connectivity index (χ3v) is 8.19. The van der Waals surface area contributed by atoms with Gasteiger partial charge in [0.1, 0.15) is 11.0 Å². The van der Waals surface area contributed by atoms with Gasteiger partial charge < -0.3 is 19.5 Å². The van der Waals surface area contributed by atoms with Crippen molar-refractivity contribution in [1.29, 1.82) is 0 Å². The number of amides is 2. The van der Waals surface area contributed by atoms with Gasteiger partial charge in [-0.3, -0.25) is 9.59 Å². The zero-order valence-corrected chi connectivity index (χ0v) is 24.5. The van der Waals surface area contributed by atoms with Crippen LogP contribution in [0.1, 0.15) is 11.1 Å². The minimum absolute atomic E-state index is 0.136. The lowest BCUT2D eigenvalue weighted by molar-refractivity contribution is -0.114. The molecule has 0 fully saturated rings. The van der Waals surface area contributed by atoms with Crippen LogP contribution in [-0.2, 0) is 9.59 Å². The van der Waals surface area contributed by atoms with Crippen molar-refractivity contribution in [2.75, 3.05) is 22.1 Å². The Kier molecular flexibility index (Phi) is 7.98. The SMILES string of the molecule is Cc1cc(-c2ccc(NC(=O)CSc3nc4ccccc4o3)c(C)c2)ccc1NC(=O)CSc1nc2ccccc2o1. The van der Waals surface area contributed by atoms with Crippen LogP contribution in [0, 0.1) is 13.8 Å². The summed E-state index contributed by atoms with van der Waals surface area (Å²) in [7, 11) is 0. The fourth-order valence-corrected chi connectivity index (χ4v) is 5.70. The van der Waals surface area contributed by atoms with E-state index in [-0.39, 0.29) is 23.3 Å². The molecule has 0 unspecified atom stereocenters. The van der Waals surface area contributed by atoms with E-state index in [0.717, 1.165) is 44.7 Å². The second-order valence-corrected chi connectivity index (χ2v) is 11.5. The number of thioether (sulfide) groups is 2. The normalized spacial score (nSPS) is 11.2. The molecule has 210 valence electrons. The predicted molar refractivity (Wildman–Crippen MR) is 168 cm³/mol.